The number of hydrogen-bond acceptors (Lipinski definition) is 8. The minimum Gasteiger partial charge on any atom is -0.479 e. The highest BCUT2D eigenvalue weighted by molar-refractivity contribution is 7.80. The topological polar surface area (TPSA) is 146 Å². The lowest BCUT2D eigenvalue weighted by atomic mass is 9.99. The van der Waals surface area contributed by atoms with Gasteiger partial charge in [0.1, 0.15) is 0 Å². The number of nitrogens with zero attached hydrogens (tertiary/aromatic N) is 3. The highest BCUT2D eigenvalue weighted by Crippen LogP contribution is 2.25. The quantitative estimate of drug-likeness (QED) is 0.157. The maximum atomic E-state index is 12.8. The molecule has 0 bridgehead atoms. The third kappa shape index (κ3) is 6.63. The van der Waals surface area contributed by atoms with Crippen LogP contribution in [0.15, 0.2) is 48.7 Å². The van der Waals surface area contributed by atoms with Gasteiger partial charge < -0.3 is 10.4 Å². The van der Waals surface area contributed by atoms with Crippen LogP contribution in [0.1, 0.15) is 38.3 Å². The van der Waals surface area contributed by atoms with E-state index in [1.165, 1.54) is 27.7 Å². The minimum absolute atomic E-state index is 0.0572. The Morgan fingerprint density at radius 2 is 1.91 bits per heavy atom. The van der Waals surface area contributed by atoms with Crippen LogP contribution in [0, 0.1) is 5.92 Å². The Kier molecular flexibility index (Phi) is 8.58. The Hall–Kier alpha value is -3.22. The fourth-order valence-electron chi connectivity index (χ4n) is 3.14. The Balaban J connectivity index is 1.64. The summed E-state index contributed by atoms with van der Waals surface area (Å²) in [5, 5.41) is 28.4. The summed E-state index contributed by atoms with van der Waals surface area (Å²) in [5.74, 6) is -2.44. The number of carbonyl (C=O) groups is 3. The first-order valence-corrected chi connectivity index (χ1v) is 11.5. The number of carboxylic acid groups (broad SMARTS) is 1. The van der Waals surface area contributed by atoms with Crippen molar-refractivity contribution in [2.75, 3.05) is 5.75 Å². The molecule has 3 rings (SSSR count). The largest absolute Gasteiger partial charge is 0.479 e. The molecule has 0 aliphatic heterocycles. The van der Waals surface area contributed by atoms with Gasteiger partial charge in [-0.05, 0) is 30.5 Å². The molecule has 0 aliphatic carbocycles. The van der Waals surface area contributed by atoms with Crippen molar-refractivity contribution in [2.24, 2.45) is 5.92 Å². The molecule has 2 amide bonds. The molecule has 12 heteroatoms. The minimum atomic E-state index is -1.19. The molecular formula is C21H23N5O5S2. The summed E-state index contributed by atoms with van der Waals surface area (Å²) in [6, 6.07) is 11.9. The van der Waals surface area contributed by atoms with Gasteiger partial charge in [-0.25, -0.2) is 15.0 Å². The van der Waals surface area contributed by atoms with Crippen LogP contribution in [-0.2, 0) is 22.6 Å². The molecule has 0 aliphatic rings. The summed E-state index contributed by atoms with van der Waals surface area (Å²) in [4.78, 5) is 37.2. The van der Waals surface area contributed by atoms with E-state index in [1.807, 2.05) is 30.3 Å². The normalized spacial score (nSPS) is 12.7. The third-order valence-electron chi connectivity index (χ3n) is 4.91. The van der Waals surface area contributed by atoms with E-state index in [4.69, 9.17) is 5.21 Å². The summed E-state index contributed by atoms with van der Waals surface area (Å²) in [7, 11) is 0. The molecule has 0 saturated heterocycles. The van der Waals surface area contributed by atoms with Gasteiger partial charge in [0.2, 0.25) is 5.91 Å². The molecule has 2 heterocycles. The molecular weight excluding hydrogens is 466 g/mol. The SMILES string of the molecule is O=C(NO)c1cn(Cc2ccc(C(NC(=O)C(CS)CCc3ccccc3)C(=O)O)s2)nn1. The van der Waals surface area contributed by atoms with Gasteiger partial charge in [0.05, 0.1) is 12.7 Å². The van der Waals surface area contributed by atoms with E-state index < -0.39 is 23.8 Å². The van der Waals surface area contributed by atoms with Crippen molar-refractivity contribution < 1.29 is 24.7 Å². The van der Waals surface area contributed by atoms with E-state index in [-0.39, 0.29) is 18.1 Å². The summed E-state index contributed by atoms with van der Waals surface area (Å²) in [5.41, 5.74) is 2.52. The zero-order valence-corrected chi connectivity index (χ0v) is 19.1. The van der Waals surface area contributed by atoms with E-state index in [9.17, 15) is 19.5 Å². The highest BCUT2D eigenvalue weighted by Gasteiger charge is 2.27. The lowest BCUT2D eigenvalue weighted by molar-refractivity contribution is -0.142. The second kappa shape index (κ2) is 11.6. The maximum absolute atomic E-state index is 12.8. The molecule has 0 spiro atoms. The highest BCUT2D eigenvalue weighted by atomic mass is 32.1. The van der Waals surface area contributed by atoms with E-state index in [0.29, 0.717) is 23.5 Å². The average Bonchev–Trinajstić information content (AvgIpc) is 3.48. The zero-order valence-electron chi connectivity index (χ0n) is 17.4. The molecule has 4 N–H and O–H groups in total. The first-order chi connectivity index (χ1) is 15.9. The van der Waals surface area contributed by atoms with Crippen molar-refractivity contribution in [1.29, 1.82) is 0 Å². The molecule has 0 fully saturated rings. The number of amides is 2. The number of aliphatic carboxylic acids is 1. The number of hydroxylamine groups is 1. The van der Waals surface area contributed by atoms with Crippen LogP contribution in [-0.4, -0.2) is 48.8 Å². The Morgan fingerprint density at radius 1 is 1.15 bits per heavy atom. The molecule has 33 heavy (non-hydrogen) atoms. The molecule has 2 atom stereocenters. The predicted molar refractivity (Wildman–Crippen MR) is 123 cm³/mol. The van der Waals surface area contributed by atoms with E-state index in [0.717, 1.165) is 10.4 Å². The Labute approximate surface area is 199 Å². The van der Waals surface area contributed by atoms with Gasteiger partial charge in [0, 0.05) is 21.4 Å². The van der Waals surface area contributed by atoms with E-state index >= 15 is 0 Å². The molecule has 0 radical (unpaired) electrons. The van der Waals surface area contributed by atoms with Crippen LogP contribution < -0.4 is 10.8 Å². The summed E-state index contributed by atoms with van der Waals surface area (Å²) in [6.45, 7) is 0.243. The number of thiophene rings is 1. The number of carbonyl (C=O) groups excluding carboxylic acids is 2. The number of thiol groups is 1. The lowest BCUT2D eigenvalue weighted by Gasteiger charge is -2.18. The van der Waals surface area contributed by atoms with E-state index in [1.54, 1.807) is 12.1 Å². The Morgan fingerprint density at radius 3 is 2.58 bits per heavy atom. The van der Waals surface area contributed by atoms with Gasteiger partial charge in [-0.3, -0.25) is 14.8 Å². The number of nitrogens with one attached hydrogen (secondary N) is 2. The monoisotopic (exact) mass is 489 g/mol. The van der Waals surface area contributed by atoms with Crippen LogP contribution >= 0.6 is 24.0 Å². The second-order valence-corrected chi connectivity index (χ2v) is 8.80. The molecule has 10 nitrogen and oxygen atoms in total. The summed E-state index contributed by atoms with van der Waals surface area (Å²) in [6.07, 6.45) is 2.59. The van der Waals surface area contributed by atoms with Crippen LogP contribution in [0.2, 0.25) is 0 Å². The van der Waals surface area contributed by atoms with Gasteiger partial charge in [0.25, 0.3) is 5.91 Å². The van der Waals surface area contributed by atoms with Crippen molar-refractivity contribution in [3.8, 4) is 0 Å². The van der Waals surface area contributed by atoms with Crippen LogP contribution in [0.3, 0.4) is 0 Å². The van der Waals surface area contributed by atoms with Crippen LogP contribution in [0.25, 0.3) is 0 Å². The van der Waals surface area contributed by atoms with E-state index in [2.05, 4.69) is 28.3 Å². The van der Waals surface area contributed by atoms with Crippen molar-refractivity contribution >= 4 is 41.7 Å². The molecule has 0 saturated carbocycles. The standard InChI is InChI=1S/C21H23N5O5S2/c27-19(14(12-32)7-6-13-4-2-1-3-5-13)22-18(21(29)30)17-9-8-15(33-17)10-26-11-16(23-25-26)20(28)24-31/h1-5,8-9,11,14,18,31-32H,6-7,10,12H2,(H,22,27)(H,24,28)(H,29,30). The third-order valence-corrected chi connectivity index (χ3v) is 6.48. The summed E-state index contributed by atoms with van der Waals surface area (Å²) < 4.78 is 1.38. The van der Waals surface area contributed by atoms with Crippen molar-refractivity contribution in [2.45, 2.75) is 25.4 Å². The number of rotatable bonds is 11. The van der Waals surface area contributed by atoms with Gasteiger partial charge in [-0.1, -0.05) is 35.5 Å². The number of benzene rings is 1. The molecule has 174 valence electrons. The fourth-order valence-corrected chi connectivity index (χ4v) is 4.53. The average molecular weight is 490 g/mol. The van der Waals surface area contributed by atoms with Crippen LogP contribution in [0.5, 0.6) is 0 Å². The number of carboxylic acids is 1. The van der Waals surface area contributed by atoms with Gasteiger partial charge in [0.15, 0.2) is 11.7 Å². The number of aryl methyl sites for hydroxylation is 1. The maximum Gasteiger partial charge on any atom is 0.331 e. The van der Waals surface area contributed by atoms with Gasteiger partial charge in [-0.15, -0.1) is 16.4 Å². The smallest absolute Gasteiger partial charge is 0.331 e. The predicted octanol–water partition coefficient (Wildman–Crippen LogP) is 1.93. The van der Waals surface area contributed by atoms with Crippen molar-refractivity contribution in [1.82, 2.24) is 25.8 Å². The molecule has 2 aromatic heterocycles. The molecule has 3 aromatic rings. The van der Waals surface area contributed by atoms with Crippen LogP contribution in [0.4, 0.5) is 0 Å². The van der Waals surface area contributed by atoms with Crippen molar-refractivity contribution in [3.05, 3.63) is 69.7 Å². The zero-order chi connectivity index (χ0) is 23.8. The number of hydrogen-bond donors (Lipinski definition) is 5. The number of aromatic nitrogens is 3. The molecule has 2 unspecified atom stereocenters. The van der Waals surface area contributed by atoms with Crippen molar-refractivity contribution in [3.63, 3.8) is 0 Å². The van der Waals surface area contributed by atoms with Gasteiger partial charge >= 0.3 is 5.97 Å². The van der Waals surface area contributed by atoms with Gasteiger partial charge in [-0.2, -0.15) is 12.6 Å². The first-order valence-electron chi connectivity index (χ1n) is 10.0. The lowest BCUT2D eigenvalue weighted by Crippen LogP contribution is -2.38. The summed E-state index contributed by atoms with van der Waals surface area (Å²) >= 11 is 5.49. The molecule has 1 aromatic carbocycles. The fraction of sp³-hybridized carbons (Fsp3) is 0.286. The second-order valence-electron chi connectivity index (χ2n) is 7.23. The Bertz CT molecular complexity index is 1100. The first kappa shape index (κ1) is 24.4.